The van der Waals surface area contributed by atoms with Gasteiger partial charge in [-0.1, -0.05) is 6.42 Å². The third-order valence-electron chi connectivity index (χ3n) is 4.19. The SMILES string of the molecule is C[C@@H]1CCCCN1CC(=O)Nc1cc2c(cc1Br)OCCO2. The van der Waals surface area contributed by atoms with Crippen molar-refractivity contribution in [1.29, 1.82) is 0 Å². The lowest BCUT2D eigenvalue weighted by Gasteiger charge is -2.32. The molecule has 1 amide bonds. The van der Waals surface area contributed by atoms with E-state index in [1.165, 1.54) is 19.3 Å². The highest BCUT2D eigenvalue weighted by Crippen LogP contribution is 2.38. The first kappa shape index (κ1) is 15.6. The summed E-state index contributed by atoms with van der Waals surface area (Å²) in [5.41, 5.74) is 0.721. The average molecular weight is 369 g/mol. The number of hydrogen-bond acceptors (Lipinski definition) is 4. The smallest absolute Gasteiger partial charge is 0.238 e. The van der Waals surface area contributed by atoms with Crippen molar-refractivity contribution >= 4 is 27.5 Å². The zero-order chi connectivity index (χ0) is 15.5. The number of anilines is 1. The number of ether oxygens (including phenoxy) is 2. The normalized spacial score (nSPS) is 21.5. The molecule has 5 nitrogen and oxygen atoms in total. The lowest BCUT2D eigenvalue weighted by Crippen LogP contribution is -2.42. The second kappa shape index (κ2) is 6.87. The molecule has 0 aromatic heterocycles. The monoisotopic (exact) mass is 368 g/mol. The first-order chi connectivity index (χ1) is 10.6. The van der Waals surface area contributed by atoms with Crippen molar-refractivity contribution in [3.63, 3.8) is 0 Å². The van der Waals surface area contributed by atoms with Crippen LogP contribution in [-0.4, -0.2) is 43.2 Å². The van der Waals surface area contributed by atoms with Crippen LogP contribution >= 0.6 is 15.9 Å². The lowest BCUT2D eigenvalue weighted by atomic mass is 10.0. The number of benzene rings is 1. The Bertz CT molecular complexity index is 565. The minimum absolute atomic E-state index is 0.00567. The fourth-order valence-electron chi connectivity index (χ4n) is 2.93. The topological polar surface area (TPSA) is 50.8 Å². The summed E-state index contributed by atoms with van der Waals surface area (Å²) >= 11 is 3.48. The van der Waals surface area contributed by atoms with Crippen LogP contribution in [0.15, 0.2) is 16.6 Å². The molecular formula is C16H21BrN2O3. The third kappa shape index (κ3) is 3.55. The molecule has 0 unspecified atom stereocenters. The van der Waals surface area contributed by atoms with Gasteiger partial charge in [0, 0.05) is 22.6 Å². The van der Waals surface area contributed by atoms with Crippen LogP contribution in [0.2, 0.25) is 0 Å². The largest absolute Gasteiger partial charge is 0.486 e. The van der Waals surface area contributed by atoms with Crippen LogP contribution in [0.4, 0.5) is 5.69 Å². The van der Waals surface area contributed by atoms with Gasteiger partial charge in [-0.3, -0.25) is 9.69 Å². The molecular weight excluding hydrogens is 348 g/mol. The van der Waals surface area contributed by atoms with Gasteiger partial charge in [0.2, 0.25) is 5.91 Å². The highest BCUT2D eigenvalue weighted by atomic mass is 79.9. The summed E-state index contributed by atoms with van der Waals surface area (Å²) in [5, 5.41) is 2.97. The maximum Gasteiger partial charge on any atom is 0.238 e. The van der Waals surface area contributed by atoms with Crippen molar-refractivity contribution in [3.8, 4) is 11.5 Å². The number of carbonyl (C=O) groups excluding carboxylic acids is 1. The summed E-state index contributed by atoms with van der Waals surface area (Å²) in [6.45, 7) is 4.71. The molecule has 3 rings (SSSR count). The Kier molecular flexibility index (Phi) is 4.88. The number of likely N-dealkylation sites (tertiary alicyclic amines) is 1. The van der Waals surface area contributed by atoms with Gasteiger partial charge in [0.1, 0.15) is 13.2 Å². The molecule has 0 aliphatic carbocycles. The minimum atomic E-state index is 0.00567. The Morgan fingerprint density at radius 3 is 2.77 bits per heavy atom. The zero-order valence-corrected chi connectivity index (χ0v) is 14.3. The number of halogens is 1. The molecule has 120 valence electrons. The Balaban J connectivity index is 1.66. The molecule has 0 saturated carbocycles. The van der Waals surface area contributed by atoms with E-state index in [2.05, 4.69) is 33.1 Å². The molecule has 0 spiro atoms. The molecule has 2 aliphatic heterocycles. The molecule has 1 atom stereocenters. The summed E-state index contributed by atoms with van der Waals surface area (Å²) in [5.74, 6) is 1.39. The lowest BCUT2D eigenvalue weighted by molar-refractivity contribution is -0.118. The van der Waals surface area contributed by atoms with Crippen molar-refractivity contribution in [2.75, 3.05) is 31.6 Å². The number of hydrogen-bond donors (Lipinski definition) is 1. The summed E-state index contributed by atoms with van der Waals surface area (Å²) in [7, 11) is 0. The van der Waals surface area contributed by atoms with Crippen molar-refractivity contribution in [2.45, 2.75) is 32.2 Å². The number of carbonyl (C=O) groups is 1. The summed E-state index contributed by atoms with van der Waals surface area (Å²) in [4.78, 5) is 14.5. The summed E-state index contributed by atoms with van der Waals surface area (Å²) in [6.07, 6.45) is 3.60. The highest BCUT2D eigenvalue weighted by molar-refractivity contribution is 9.10. The van der Waals surface area contributed by atoms with E-state index < -0.39 is 0 Å². The maximum absolute atomic E-state index is 12.3. The van der Waals surface area contributed by atoms with Gasteiger partial charge in [0.25, 0.3) is 0 Å². The quantitative estimate of drug-likeness (QED) is 0.890. The molecule has 2 aliphatic rings. The van der Waals surface area contributed by atoms with Crippen LogP contribution in [0, 0.1) is 0 Å². The van der Waals surface area contributed by atoms with Crippen LogP contribution in [0.5, 0.6) is 11.5 Å². The second-order valence-electron chi connectivity index (χ2n) is 5.84. The van der Waals surface area contributed by atoms with Crippen LogP contribution < -0.4 is 14.8 Å². The Labute approximate surface area is 139 Å². The van der Waals surface area contributed by atoms with Crippen LogP contribution in [0.25, 0.3) is 0 Å². The molecule has 0 radical (unpaired) electrons. The molecule has 2 heterocycles. The predicted molar refractivity (Wildman–Crippen MR) is 88.6 cm³/mol. The zero-order valence-electron chi connectivity index (χ0n) is 12.7. The first-order valence-electron chi connectivity index (χ1n) is 7.76. The van der Waals surface area contributed by atoms with E-state index in [-0.39, 0.29) is 5.91 Å². The van der Waals surface area contributed by atoms with Gasteiger partial charge >= 0.3 is 0 Å². The van der Waals surface area contributed by atoms with Crippen LogP contribution in [-0.2, 0) is 4.79 Å². The molecule has 1 fully saturated rings. The Hall–Kier alpha value is -1.27. The number of nitrogens with one attached hydrogen (secondary N) is 1. The van der Waals surface area contributed by atoms with Gasteiger partial charge in [-0.15, -0.1) is 0 Å². The number of rotatable bonds is 3. The number of piperidine rings is 1. The van der Waals surface area contributed by atoms with Gasteiger partial charge in [-0.25, -0.2) is 0 Å². The highest BCUT2D eigenvalue weighted by Gasteiger charge is 2.21. The van der Waals surface area contributed by atoms with Crippen molar-refractivity contribution in [2.24, 2.45) is 0 Å². The van der Waals surface area contributed by atoms with Gasteiger partial charge in [-0.2, -0.15) is 0 Å². The minimum Gasteiger partial charge on any atom is -0.486 e. The van der Waals surface area contributed by atoms with E-state index in [9.17, 15) is 4.79 Å². The first-order valence-corrected chi connectivity index (χ1v) is 8.56. The summed E-state index contributed by atoms with van der Waals surface area (Å²) in [6, 6.07) is 4.13. The predicted octanol–water partition coefficient (Wildman–Crippen LogP) is 3.03. The fourth-order valence-corrected chi connectivity index (χ4v) is 3.35. The molecule has 0 bridgehead atoms. The van der Waals surface area contributed by atoms with Gasteiger partial charge in [0.05, 0.1) is 12.2 Å². The molecule has 1 saturated heterocycles. The number of amides is 1. The Morgan fingerprint density at radius 1 is 1.32 bits per heavy atom. The molecule has 1 aromatic rings. The molecule has 1 aromatic carbocycles. The van der Waals surface area contributed by atoms with E-state index in [4.69, 9.17) is 9.47 Å². The van der Waals surface area contributed by atoms with E-state index in [0.717, 1.165) is 16.7 Å². The van der Waals surface area contributed by atoms with Crippen molar-refractivity contribution in [1.82, 2.24) is 4.90 Å². The van der Waals surface area contributed by atoms with E-state index in [1.54, 1.807) is 0 Å². The molecule has 1 N–H and O–H groups in total. The maximum atomic E-state index is 12.3. The van der Waals surface area contributed by atoms with Crippen molar-refractivity contribution < 1.29 is 14.3 Å². The molecule has 6 heteroatoms. The molecule has 22 heavy (non-hydrogen) atoms. The van der Waals surface area contributed by atoms with Crippen LogP contribution in [0.1, 0.15) is 26.2 Å². The average Bonchev–Trinajstić information content (AvgIpc) is 2.50. The van der Waals surface area contributed by atoms with E-state index in [0.29, 0.717) is 37.3 Å². The Morgan fingerprint density at radius 2 is 2.05 bits per heavy atom. The van der Waals surface area contributed by atoms with Gasteiger partial charge in [0.15, 0.2) is 11.5 Å². The van der Waals surface area contributed by atoms with Gasteiger partial charge < -0.3 is 14.8 Å². The number of nitrogens with zero attached hydrogens (tertiary/aromatic N) is 1. The third-order valence-corrected chi connectivity index (χ3v) is 4.85. The van der Waals surface area contributed by atoms with Gasteiger partial charge in [-0.05, 0) is 42.2 Å². The van der Waals surface area contributed by atoms with Crippen molar-refractivity contribution in [3.05, 3.63) is 16.6 Å². The second-order valence-corrected chi connectivity index (χ2v) is 6.69. The van der Waals surface area contributed by atoms with E-state index in [1.807, 2.05) is 12.1 Å². The fraction of sp³-hybridized carbons (Fsp3) is 0.562. The summed E-state index contributed by atoms with van der Waals surface area (Å²) < 4.78 is 11.9. The van der Waals surface area contributed by atoms with E-state index >= 15 is 0 Å². The standard InChI is InChI=1S/C16H21BrN2O3/c1-11-4-2-3-5-19(11)10-16(20)18-13-9-15-14(8-12(13)17)21-6-7-22-15/h8-9,11H,2-7,10H2,1H3,(H,18,20)/t11-/m1/s1. The van der Waals surface area contributed by atoms with Crippen LogP contribution in [0.3, 0.4) is 0 Å². The number of fused-ring (bicyclic) bond motifs is 1.